The summed E-state index contributed by atoms with van der Waals surface area (Å²) in [7, 11) is 3.45. The van der Waals surface area contributed by atoms with Crippen molar-refractivity contribution < 1.29 is 14.2 Å². The third-order valence-electron chi connectivity index (χ3n) is 5.41. The molecule has 4 aromatic rings. The lowest BCUT2D eigenvalue weighted by Gasteiger charge is -2.26. The van der Waals surface area contributed by atoms with Crippen molar-refractivity contribution in [1.29, 1.82) is 0 Å². The largest absolute Gasteiger partial charge is 0.496 e. The van der Waals surface area contributed by atoms with Gasteiger partial charge in [0.15, 0.2) is 0 Å². The maximum atomic E-state index is 14.1. The van der Waals surface area contributed by atoms with Crippen LogP contribution in [0.5, 0.6) is 5.75 Å². The highest BCUT2D eigenvalue weighted by Crippen LogP contribution is 2.39. The predicted molar refractivity (Wildman–Crippen MR) is 118 cm³/mol. The number of fused-ring (bicyclic) bond motifs is 1. The monoisotopic (exact) mass is 404 g/mol. The third kappa shape index (κ3) is 3.70. The fourth-order valence-electron chi connectivity index (χ4n) is 4.10. The van der Waals surface area contributed by atoms with Gasteiger partial charge in [-0.2, -0.15) is 0 Å². The first-order valence-electron chi connectivity index (χ1n) is 9.95. The number of aliphatic hydroxyl groups is 1. The average Bonchev–Trinajstić information content (AvgIpc) is 3.13. The van der Waals surface area contributed by atoms with E-state index in [0.717, 1.165) is 27.8 Å². The van der Waals surface area contributed by atoms with Crippen molar-refractivity contribution in [3.63, 3.8) is 0 Å². The maximum Gasteiger partial charge on any atom is 0.126 e. The van der Waals surface area contributed by atoms with E-state index in [1.54, 1.807) is 20.2 Å². The first-order chi connectivity index (χ1) is 14.6. The Kier molecular flexibility index (Phi) is 5.84. The number of hydrogen-bond donors (Lipinski definition) is 2. The number of para-hydroxylation sites is 2. The number of rotatable bonds is 7. The Bertz CT molecular complexity index is 1150. The van der Waals surface area contributed by atoms with Gasteiger partial charge in [-0.05, 0) is 36.9 Å². The van der Waals surface area contributed by atoms with Gasteiger partial charge < -0.3 is 19.7 Å². The second-order valence-electron chi connectivity index (χ2n) is 7.29. The van der Waals surface area contributed by atoms with Crippen molar-refractivity contribution in [2.24, 2.45) is 0 Å². The molecule has 0 aliphatic rings. The number of nitrogens with one attached hydrogen (secondary N) is 1. The molecule has 0 aliphatic heterocycles. The summed E-state index contributed by atoms with van der Waals surface area (Å²) < 4.78 is 21.7. The van der Waals surface area contributed by atoms with Crippen LogP contribution in [0.3, 0.4) is 0 Å². The predicted octanol–water partition coefficient (Wildman–Crippen LogP) is 4.63. The molecule has 0 saturated heterocycles. The quantitative estimate of drug-likeness (QED) is 0.472. The smallest absolute Gasteiger partial charge is 0.126 e. The number of likely N-dealkylation sites (N-methyl/N-ethyl adjacent to an activating group) is 1. The molecule has 0 aliphatic carbocycles. The summed E-state index contributed by atoms with van der Waals surface area (Å²) >= 11 is 0. The van der Waals surface area contributed by atoms with Crippen LogP contribution in [0.2, 0.25) is 0 Å². The van der Waals surface area contributed by atoms with Gasteiger partial charge in [-0.3, -0.25) is 0 Å². The maximum absolute atomic E-state index is 14.1. The van der Waals surface area contributed by atoms with Crippen molar-refractivity contribution in [2.75, 3.05) is 20.7 Å². The Balaban J connectivity index is 1.96. The molecule has 2 N–H and O–H groups in total. The lowest BCUT2D eigenvalue weighted by molar-refractivity contribution is 0.132. The molecule has 30 heavy (non-hydrogen) atoms. The van der Waals surface area contributed by atoms with Gasteiger partial charge in [0.1, 0.15) is 11.6 Å². The van der Waals surface area contributed by atoms with E-state index in [0.29, 0.717) is 12.1 Å². The van der Waals surface area contributed by atoms with Gasteiger partial charge in [-0.15, -0.1) is 0 Å². The van der Waals surface area contributed by atoms with Gasteiger partial charge >= 0.3 is 0 Å². The lowest BCUT2D eigenvalue weighted by atomic mass is 10.0. The van der Waals surface area contributed by atoms with Gasteiger partial charge in [0.2, 0.25) is 0 Å². The first-order valence-corrected chi connectivity index (χ1v) is 9.95. The van der Waals surface area contributed by atoms with Crippen molar-refractivity contribution in [3.05, 3.63) is 90.4 Å². The van der Waals surface area contributed by atoms with Crippen LogP contribution in [0, 0.1) is 5.82 Å². The summed E-state index contributed by atoms with van der Waals surface area (Å²) in [5.41, 5.74) is 3.64. The Morgan fingerprint density at radius 1 is 1.00 bits per heavy atom. The van der Waals surface area contributed by atoms with E-state index in [4.69, 9.17) is 4.74 Å². The van der Waals surface area contributed by atoms with Crippen LogP contribution in [-0.2, 0) is 0 Å². The summed E-state index contributed by atoms with van der Waals surface area (Å²) in [5.74, 6) is 0.453. The van der Waals surface area contributed by atoms with Gasteiger partial charge in [0.25, 0.3) is 0 Å². The average molecular weight is 404 g/mol. The van der Waals surface area contributed by atoms with E-state index in [1.807, 2.05) is 59.3 Å². The van der Waals surface area contributed by atoms with Gasteiger partial charge in [0.05, 0.1) is 19.3 Å². The van der Waals surface area contributed by atoms with Gasteiger partial charge in [0, 0.05) is 34.8 Å². The molecule has 0 fully saturated rings. The van der Waals surface area contributed by atoms with Crippen molar-refractivity contribution in [1.82, 2.24) is 9.88 Å². The third-order valence-corrected chi connectivity index (χ3v) is 5.41. The summed E-state index contributed by atoms with van der Waals surface area (Å²) in [6.07, 6.45) is 1.27. The molecule has 4 rings (SSSR count). The van der Waals surface area contributed by atoms with Crippen LogP contribution in [-0.4, -0.2) is 36.5 Å². The molecule has 3 aromatic carbocycles. The minimum absolute atomic E-state index is 0.324. The molecule has 2 atom stereocenters. The fraction of sp³-hybridized carbons (Fsp3) is 0.200. The van der Waals surface area contributed by atoms with Crippen molar-refractivity contribution >= 4 is 10.9 Å². The number of methoxy groups -OCH3 is 1. The number of ether oxygens (including phenoxy) is 1. The Morgan fingerprint density at radius 2 is 1.77 bits per heavy atom. The molecule has 5 heteroatoms. The van der Waals surface area contributed by atoms with Crippen molar-refractivity contribution in [3.8, 4) is 16.9 Å². The molecule has 1 aromatic heterocycles. The Labute approximate surface area is 175 Å². The number of halogens is 1. The highest BCUT2D eigenvalue weighted by atomic mass is 19.1. The fourth-order valence-corrected chi connectivity index (χ4v) is 4.10. The molecule has 0 saturated carbocycles. The number of nitrogens with zero attached hydrogens (tertiary/aromatic N) is 1. The molecule has 154 valence electrons. The highest BCUT2D eigenvalue weighted by Gasteiger charge is 2.26. The molecule has 1 heterocycles. The van der Waals surface area contributed by atoms with Crippen molar-refractivity contribution in [2.45, 2.75) is 12.1 Å². The van der Waals surface area contributed by atoms with E-state index in [2.05, 4.69) is 11.4 Å². The molecule has 0 radical (unpaired) electrons. The zero-order valence-corrected chi connectivity index (χ0v) is 17.0. The summed E-state index contributed by atoms with van der Waals surface area (Å²) in [5, 5.41) is 15.1. The molecule has 4 nitrogen and oxygen atoms in total. The molecular weight excluding hydrogens is 379 g/mol. The Hall–Kier alpha value is -3.15. The van der Waals surface area contributed by atoms with Crippen LogP contribution < -0.4 is 10.1 Å². The van der Waals surface area contributed by atoms with Gasteiger partial charge in [-0.1, -0.05) is 48.5 Å². The van der Waals surface area contributed by atoms with E-state index in [9.17, 15) is 9.50 Å². The number of hydrogen-bond acceptors (Lipinski definition) is 3. The van der Waals surface area contributed by atoms with Crippen LogP contribution >= 0.6 is 0 Å². The molecule has 0 unspecified atom stereocenters. The minimum Gasteiger partial charge on any atom is -0.496 e. The van der Waals surface area contributed by atoms with Crippen LogP contribution in [0.4, 0.5) is 4.39 Å². The first kappa shape index (κ1) is 20.1. The minimum atomic E-state index is -0.752. The summed E-state index contributed by atoms with van der Waals surface area (Å²) in [6, 6.07) is 21.9. The SMILES string of the molecule is CNC[C@@H](O)[C@H](c1cccc(F)c1)n1cc(-c2ccccc2OC)c2ccccc21. The highest BCUT2D eigenvalue weighted by molar-refractivity contribution is 5.97. The topological polar surface area (TPSA) is 46.4 Å². The van der Waals surface area contributed by atoms with E-state index in [1.165, 1.54) is 12.1 Å². The molecule has 0 spiro atoms. The number of benzene rings is 3. The molecule has 0 bridgehead atoms. The van der Waals surface area contributed by atoms with E-state index >= 15 is 0 Å². The standard InChI is InChI=1S/C25H25FN2O2/c1-27-15-23(29)25(17-8-7-9-18(26)14-17)28-16-21(19-10-3-5-12-22(19)28)20-11-4-6-13-24(20)30-2/h3-14,16,23,25,27,29H,15H2,1-2H3/t23-,25+/m1/s1. The van der Waals surface area contributed by atoms with E-state index in [-0.39, 0.29) is 5.82 Å². The normalized spacial score (nSPS) is 13.3. The van der Waals surface area contributed by atoms with Crippen LogP contribution in [0.25, 0.3) is 22.0 Å². The second kappa shape index (κ2) is 8.69. The zero-order valence-electron chi connectivity index (χ0n) is 17.0. The molecular formula is C25H25FN2O2. The summed E-state index contributed by atoms with van der Waals surface area (Å²) in [4.78, 5) is 0. The van der Waals surface area contributed by atoms with Crippen LogP contribution in [0.15, 0.2) is 79.0 Å². The lowest BCUT2D eigenvalue weighted by Crippen LogP contribution is -2.33. The molecule has 0 amide bonds. The number of aromatic nitrogens is 1. The Morgan fingerprint density at radius 3 is 2.53 bits per heavy atom. The second-order valence-corrected chi connectivity index (χ2v) is 7.29. The van der Waals surface area contributed by atoms with E-state index < -0.39 is 12.1 Å². The summed E-state index contributed by atoms with van der Waals surface area (Å²) in [6.45, 7) is 0.373. The van der Waals surface area contributed by atoms with Gasteiger partial charge in [-0.25, -0.2) is 4.39 Å². The zero-order chi connectivity index (χ0) is 21.1. The van der Waals surface area contributed by atoms with Crippen LogP contribution in [0.1, 0.15) is 11.6 Å². The number of aliphatic hydroxyl groups excluding tert-OH is 1.